The molecule has 0 unspecified atom stereocenters. The number of carbonyl (C=O) groups excluding carboxylic acids is 1. The number of nitrogens with two attached hydrogens (primary N) is 1. The molecule has 1 rings (SSSR count). The zero-order valence-corrected chi connectivity index (χ0v) is 7.71. The molecular weight excluding hydrogens is 164 g/mol. The van der Waals surface area contributed by atoms with Crippen molar-refractivity contribution in [2.45, 2.75) is 13.3 Å². The van der Waals surface area contributed by atoms with Crippen molar-refractivity contribution < 1.29 is 4.79 Å². The van der Waals surface area contributed by atoms with Crippen LogP contribution in [0.15, 0.2) is 24.3 Å². The monoisotopic (exact) mass is 178 g/mol. The first-order valence-electron chi connectivity index (χ1n) is 4.37. The summed E-state index contributed by atoms with van der Waals surface area (Å²) < 4.78 is 0. The lowest BCUT2D eigenvalue weighted by Crippen LogP contribution is -2.11. The number of anilines is 1. The molecule has 3 N–H and O–H groups in total. The van der Waals surface area contributed by atoms with E-state index in [-0.39, 0.29) is 5.91 Å². The zero-order chi connectivity index (χ0) is 9.68. The largest absolute Gasteiger partial charge is 0.385 e. The Morgan fingerprint density at radius 3 is 2.92 bits per heavy atom. The second-order valence-electron chi connectivity index (χ2n) is 2.87. The van der Waals surface area contributed by atoms with E-state index in [1.54, 1.807) is 12.1 Å². The highest BCUT2D eigenvalue weighted by Gasteiger charge is 1.99. The third kappa shape index (κ3) is 2.78. The van der Waals surface area contributed by atoms with E-state index in [0.717, 1.165) is 18.7 Å². The molecule has 0 aliphatic carbocycles. The lowest BCUT2D eigenvalue weighted by Gasteiger charge is -2.04. The molecule has 0 fully saturated rings. The van der Waals surface area contributed by atoms with Gasteiger partial charge in [-0.3, -0.25) is 4.79 Å². The van der Waals surface area contributed by atoms with Crippen molar-refractivity contribution in [3.05, 3.63) is 29.8 Å². The molecule has 0 aliphatic heterocycles. The molecule has 3 nitrogen and oxygen atoms in total. The summed E-state index contributed by atoms with van der Waals surface area (Å²) in [6.07, 6.45) is 1.06. The van der Waals surface area contributed by atoms with Gasteiger partial charge in [-0.1, -0.05) is 13.0 Å². The van der Waals surface area contributed by atoms with Crippen LogP contribution in [0.2, 0.25) is 0 Å². The standard InChI is InChI=1S/C10H14N2O/c1-2-6-12-9-5-3-4-8(7-9)10(11)13/h3-5,7,12H,2,6H2,1H3,(H2,11,13). The molecule has 0 spiro atoms. The Morgan fingerprint density at radius 2 is 2.31 bits per heavy atom. The van der Waals surface area contributed by atoms with Gasteiger partial charge in [-0.25, -0.2) is 0 Å². The average molecular weight is 178 g/mol. The molecule has 0 aromatic heterocycles. The van der Waals surface area contributed by atoms with Crippen LogP contribution in [0, 0.1) is 0 Å². The first kappa shape index (κ1) is 9.58. The highest BCUT2D eigenvalue weighted by molar-refractivity contribution is 5.93. The first-order valence-corrected chi connectivity index (χ1v) is 4.37. The van der Waals surface area contributed by atoms with Crippen molar-refractivity contribution in [2.24, 2.45) is 5.73 Å². The predicted octanol–water partition coefficient (Wildman–Crippen LogP) is 1.61. The molecule has 1 aromatic carbocycles. The van der Waals surface area contributed by atoms with Gasteiger partial charge in [0.25, 0.3) is 0 Å². The van der Waals surface area contributed by atoms with Crippen molar-refractivity contribution >= 4 is 11.6 Å². The van der Waals surface area contributed by atoms with Gasteiger partial charge in [0.1, 0.15) is 0 Å². The van der Waals surface area contributed by atoms with Crippen molar-refractivity contribution in [1.82, 2.24) is 0 Å². The molecule has 70 valence electrons. The topological polar surface area (TPSA) is 55.1 Å². The molecule has 0 atom stereocenters. The fourth-order valence-electron chi connectivity index (χ4n) is 1.05. The van der Waals surface area contributed by atoms with E-state index in [4.69, 9.17) is 5.73 Å². The average Bonchev–Trinajstić information content (AvgIpc) is 2.15. The molecule has 3 heteroatoms. The summed E-state index contributed by atoms with van der Waals surface area (Å²) >= 11 is 0. The van der Waals surface area contributed by atoms with Crippen LogP contribution in [0.4, 0.5) is 5.69 Å². The van der Waals surface area contributed by atoms with E-state index in [9.17, 15) is 4.79 Å². The summed E-state index contributed by atoms with van der Waals surface area (Å²) in [6, 6.07) is 7.21. The number of carbonyl (C=O) groups is 1. The molecule has 0 heterocycles. The second kappa shape index (κ2) is 4.50. The Kier molecular flexibility index (Phi) is 3.31. The Balaban J connectivity index is 2.73. The molecule has 0 aliphatic rings. The second-order valence-corrected chi connectivity index (χ2v) is 2.87. The van der Waals surface area contributed by atoms with Crippen LogP contribution in [0.3, 0.4) is 0 Å². The third-order valence-corrected chi connectivity index (χ3v) is 1.73. The number of hydrogen-bond donors (Lipinski definition) is 2. The lowest BCUT2D eigenvalue weighted by molar-refractivity contribution is 0.100. The van der Waals surface area contributed by atoms with Gasteiger partial charge < -0.3 is 11.1 Å². The van der Waals surface area contributed by atoms with E-state index in [1.165, 1.54) is 0 Å². The van der Waals surface area contributed by atoms with Crippen molar-refractivity contribution in [2.75, 3.05) is 11.9 Å². The molecule has 0 saturated heterocycles. The first-order chi connectivity index (χ1) is 6.24. The van der Waals surface area contributed by atoms with Gasteiger partial charge in [-0.05, 0) is 24.6 Å². The molecular formula is C10H14N2O. The quantitative estimate of drug-likeness (QED) is 0.735. The van der Waals surface area contributed by atoms with E-state index >= 15 is 0 Å². The van der Waals surface area contributed by atoms with Crippen LogP contribution >= 0.6 is 0 Å². The number of nitrogens with one attached hydrogen (secondary N) is 1. The minimum atomic E-state index is -0.389. The Hall–Kier alpha value is -1.51. The molecule has 13 heavy (non-hydrogen) atoms. The number of amides is 1. The third-order valence-electron chi connectivity index (χ3n) is 1.73. The smallest absolute Gasteiger partial charge is 0.248 e. The molecule has 1 aromatic rings. The van der Waals surface area contributed by atoms with E-state index in [1.807, 2.05) is 12.1 Å². The number of rotatable bonds is 4. The summed E-state index contributed by atoms with van der Waals surface area (Å²) in [5, 5.41) is 3.18. The van der Waals surface area contributed by atoms with Gasteiger partial charge in [0.05, 0.1) is 0 Å². The molecule has 0 radical (unpaired) electrons. The normalized spacial score (nSPS) is 9.62. The van der Waals surface area contributed by atoms with Crippen LogP contribution in [0.1, 0.15) is 23.7 Å². The van der Waals surface area contributed by atoms with Gasteiger partial charge in [0.15, 0.2) is 0 Å². The molecule has 0 bridgehead atoms. The van der Waals surface area contributed by atoms with Crippen molar-refractivity contribution in [1.29, 1.82) is 0 Å². The highest BCUT2D eigenvalue weighted by Crippen LogP contribution is 2.09. The summed E-state index contributed by atoms with van der Waals surface area (Å²) in [5.74, 6) is -0.389. The Morgan fingerprint density at radius 1 is 1.54 bits per heavy atom. The van der Waals surface area contributed by atoms with Gasteiger partial charge in [-0.15, -0.1) is 0 Å². The lowest BCUT2D eigenvalue weighted by atomic mass is 10.2. The maximum absolute atomic E-state index is 10.8. The summed E-state index contributed by atoms with van der Waals surface area (Å²) in [6.45, 7) is 2.99. The van der Waals surface area contributed by atoms with Crippen LogP contribution in [0.5, 0.6) is 0 Å². The van der Waals surface area contributed by atoms with Crippen LogP contribution in [0.25, 0.3) is 0 Å². The van der Waals surface area contributed by atoms with Gasteiger partial charge in [0.2, 0.25) is 5.91 Å². The highest BCUT2D eigenvalue weighted by atomic mass is 16.1. The molecule has 1 amide bonds. The number of hydrogen-bond acceptors (Lipinski definition) is 2. The SMILES string of the molecule is CCCNc1cccc(C(N)=O)c1. The minimum absolute atomic E-state index is 0.389. The predicted molar refractivity (Wildman–Crippen MR) is 53.7 cm³/mol. The van der Waals surface area contributed by atoms with Crippen molar-refractivity contribution in [3.8, 4) is 0 Å². The minimum Gasteiger partial charge on any atom is -0.385 e. The summed E-state index contributed by atoms with van der Waals surface area (Å²) in [5.41, 5.74) is 6.63. The number of primary amides is 1. The maximum atomic E-state index is 10.8. The fourth-order valence-corrected chi connectivity index (χ4v) is 1.05. The van der Waals surface area contributed by atoms with E-state index in [0.29, 0.717) is 5.56 Å². The Labute approximate surface area is 77.9 Å². The van der Waals surface area contributed by atoms with Gasteiger partial charge >= 0.3 is 0 Å². The maximum Gasteiger partial charge on any atom is 0.248 e. The van der Waals surface area contributed by atoms with E-state index < -0.39 is 0 Å². The molecule has 0 saturated carbocycles. The Bertz CT molecular complexity index is 297. The zero-order valence-electron chi connectivity index (χ0n) is 7.71. The fraction of sp³-hybridized carbons (Fsp3) is 0.300. The van der Waals surface area contributed by atoms with Crippen LogP contribution in [-0.4, -0.2) is 12.5 Å². The van der Waals surface area contributed by atoms with Crippen molar-refractivity contribution in [3.63, 3.8) is 0 Å². The van der Waals surface area contributed by atoms with E-state index in [2.05, 4.69) is 12.2 Å². The van der Waals surface area contributed by atoms with Gasteiger partial charge in [-0.2, -0.15) is 0 Å². The van der Waals surface area contributed by atoms with Crippen LogP contribution < -0.4 is 11.1 Å². The summed E-state index contributed by atoms with van der Waals surface area (Å²) in [4.78, 5) is 10.8. The van der Waals surface area contributed by atoms with Crippen LogP contribution in [-0.2, 0) is 0 Å². The van der Waals surface area contributed by atoms with Gasteiger partial charge in [0, 0.05) is 17.8 Å². The summed E-state index contributed by atoms with van der Waals surface area (Å²) in [7, 11) is 0. The number of benzene rings is 1.